The maximum absolute atomic E-state index is 11.8. The second kappa shape index (κ2) is 4.75. The van der Waals surface area contributed by atoms with Crippen LogP contribution in [0.25, 0.3) is 0 Å². The Balaban J connectivity index is 1.92. The van der Waals surface area contributed by atoms with Crippen molar-refractivity contribution in [3.63, 3.8) is 0 Å². The van der Waals surface area contributed by atoms with E-state index in [0.717, 1.165) is 0 Å². The lowest BCUT2D eigenvalue weighted by Crippen LogP contribution is -2.38. The van der Waals surface area contributed by atoms with Gasteiger partial charge in [-0.15, -0.1) is 0 Å². The molecule has 0 heterocycles. The maximum Gasteiger partial charge on any atom is 0.251 e. The second-order valence-corrected chi connectivity index (χ2v) is 4.71. The minimum atomic E-state index is -0.135. The number of phenols is 1. The van der Waals surface area contributed by atoms with Gasteiger partial charge in [-0.1, -0.05) is 0 Å². The van der Waals surface area contributed by atoms with Crippen LogP contribution in [0.15, 0.2) is 18.2 Å². The Labute approximate surface area is 101 Å². The third-order valence-electron chi connectivity index (χ3n) is 3.18. The summed E-state index contributed by atoms with van der Waals surface area (Å²) in [6.45, 7) is 2.28. The van der Waals surface area contributed by atoms with Crippen molar-refractivity contribution >= 4 is 5.91 Å². The van der Waals surface area contributed by atoms with Crippen LogP contribution in [-0.4, -0.2) is 23.6 Å². The molecule has 1 amide bonds. The van der Waals surface area contributed by atoms with Crippen molar-refractivity contribution < 1.29 is 9.90 Å². The molecule has 1 fully saturated rings. The summed E-state index contributed by atoms with van der Waals surface area (Å²) in [5, 5.41) is 12.2. The first-order chi connectivity index (χ1) is 8.08. The SMILES string of the molecule is Cc1cc(C(=O)NCC(N)C2CC2)ccc1O. The van der Waals surface area contributed by atoms with Gasteiger partial charge < -0.3 is 16.2 Å². The number of aryl methyl sites for hydroxylation is 1. The van der Waals surface area contributed by atoms with E-state index in [2.05, 4.69) is 5.32 Å². The van der Waals surface area contributed by atoms with Crippen LogP contribution in [0.4, 0.5) is 0 Å². The van der Waals surface area contributed by atoms with Gasteiger partial charge in [0.15, 0.2) is 0 Å². The smallest absolute Gasteiger partial charge is 0.251 e. The van der Waals surface area contributed by atoms with Gasteiger partial charge >= 0.3 is 0 Å². The van der Waals surface area contributed by atoms with Crippen LogP contribution < -0.4 is 11.1 Å². The van der Waals surface area contributed by atoms with Crippen LogP contribution in [0, 0.1) is 12.8 Å². The van der Waals surface area contributed by atoms with E-state index in [0.29, 0.717) is 23.6 Å². The number of phenolic OH excluding ortho intramolecular Hbond substituents is 1. The van der Waals surface area contributed by atoms with E-state index in [1.807, 2.05) is 0 Å². The molecule has 0 aromatic heterocycles. The maximum atomic E-state index is 11.8. The normalized spacial score (nSPS) is 16.6. The molecule has 0 aliphatic heterocycles. The average molecular weight is 234 g/mol. The van der Waals surface area contributed by atoms with Gasteiger partial charge in [-0.2, -0.15) is 0 Å². The molecule has 1 aromatic rings. The fourth-order valence-electron chi connectivity index (χ4n) is 1.80. The number of amides is 1. The topological polar surface area (TPSA) is 75.4 Å². The summed E-state index contributed by atoms with van der Waals surface area (Å²) in [6, 6.07) is 4.88. The van der Waals surface area contributed by atoms with Crippen molar-refractivity contribution in [1.29, 1.82) is 0 Å². The molecule has 17 heavy (non-hydrogen) atoms. The first kappa shape index (κ1) is 11.9. The molecule has 1 unspecified atom stereocenters. The molecular formula is C13H18N2O2. The van der Waals surface area contributed by atoms with Crippen molar-refractivity contribution in [2.24, 2.45) is 11.7 Å². The number of benzene rings is 1. The molecule has 0 radical (unpaired) electrons. The molecular weight excluding hydrogens is 216 g/mol. The largest absolute Gasteiger partial charge is 0.508 e. The van der Waals surface area contributed by atoms with Gasteiger partial charge in [0.25, 0.3) is 5.91 Å². The predicted molar refractivity (Wildman–Crippen MR) is 65.9 cm³/mol. The predicted octanol–water partition coefficient (Wildman–Crippen LogP) is 1.17. The van der Waals surface area contributed by atoms with Crippen LogP contribution in [-0.2, 0) is 0 Å². The first-order valence-corrected chi connectivity index (χ1v) is 5.91. The number of carbonyl (C=O) groups excluding carboxylic acids is 1. The highest BCUT2D eigenvalue weighted by Gasteiger charge is 2.28. The molecule has 4 N–H and O–H groups in total. The Morgan fingerprint density at radius 2 is 2.29 bits per heavy atom. The quantitative estimate of drug-likeness (QED) is 0.732. The van der Waals surface area contributed by atoms with Crippen LogP contribution in [0.5, 0.6) is 5.75 Å². The van der Waals surface area contributed by atoms with Gasteiger partial charge in [-0.25, -0.2) is 0 Å². The molecule has 2 rings (SSSR count). The summed E-state index contributed by atoms with van der Waals surface area (Å²) in [6.07, 6.45) is 2.35. The molecule has 1 saturated carbocycles. The fourth-order valence-corrected chi connectivity index (χ4v) is 1.80. The highest BCUT2D eigenvalue weighted by Crippen LogP contribution is 2.31. The lowest BCUT2D eigenvalue weighted by Gasteiger charge is -2.12. The second-order valence-electron chi connectivity index (χ2n) is 4.71. The number of rotatable bonds is 4. The lowest BCUT2D eigenvalue weighted by atomic mass is 10.1. The monoisotopic (exact) mass is 234 g/mol. The number of aromatic hydroxyl groups is 1. The van der Waals surface area contributed by atoms with E-state index in [1.54, 1.807) is 19.1 Å². The number of nitrogens with two attached hydrogens (primary N) is 1. The standard InChI is InChI=1S/C13H18N2O2/c1-8-6-10(4-5-12(8)16)13(17)15-7-11(14)9-2-3-9/h4-6,9,11,16H,2-3,7,14H2,1H3,(H,15,17). The number of nitrogens with one attached hydrogen (secondary N) is 1. The van der Waals surface area contributed by atoms with E-state index >= 15 is 0 Å². The van der Waals surface area contributed by atoms with E-state index in [1.165, 1.54) is 18.9 Å². The van der Waals surface area contributed by atoms with Gasteiger partial charge in [0.05, 0.1) is 0 Å². The first-order valence-electron chi connectivity index (χ1n) is 5.91. The number of carbonyl (C=O) groups is 1. The lowest BCUT2D eigenvalue weighted by molar-refractivity contribution is 0.0950. The van der Waals surface area contributed by atoms with E-state index < -0.39 is 0 Å². The van der Waals surface area contributed by atoms with Gasteiger partial charge in [-0.05, 0) is 49.4 Å². The summed E-state index contributed by atoms with van der Waals surface area (Å²) < 4.78 is 0. The minimum absolute atomic E-state index is 0.0668. The summed E-state index contributed by atoms with van der Waals surface area (Å²) in [5.74, 6) is 0.650. The summed E-state index contributed by atoms with van der Waals surface area (Å²) in [4.78, 5) is 11.8. The highest BCUT2D eigenvalue weighted by atomic mass is 16.3. The van der Waals surface area contributed by atoms with Crippen molar-refractivity contribution in [2.75, 3.05) is 6.54 Å². The van der Waals surface area contributed by atoms with Crippen LogP contribution in [0.3, 0.4) is 0 Å². The van der Waals surface area contributed by atoms with Crippen molar-refractivity contribution in [3.8, 4) is 5.75 Å². The third kappa shape index (κ3) is 2.97. The zero-order chi connectivity index (χ0) is 12.4. The van der Waals surface area contributed by atoms with E-state index in [4.69, 9.17) is 5.73 Å². The van der Waals surface area contributed by atoms with Crippen LogP contribution in [0.2, 0.25) is 0 Å². The summed E-state index contributed by atoms with van der Waals surface area (Å²) >= 11 is 0. The van der Waals surface area contributed by atoms with Gasteiger partial charge in [0, 0.05) is 18.2 Å². The molecule has 0 bridgehead atoms. The molecule has 92 valence electrons. The zero-order valence-electron chi connectivity index (χ0n) is 9.94. The molecule has 1 aromatic carbocycles. The molecule has 0 spiro atoms. The molecule has 0 saturated heterocycles. The Morgan fingerprint density at radius 1 is 1.59 bits per heavy atom. The van der Waals surface area contributed by atoms with Crippen LogP contribution in [0.1, 0.15) is 28.8 Å². The highest BCUT2D eigenvalue weighted by molar-refractivity contribution is 5.94. The fraction of sp³-hybridized carbons (Fsp3) is 0.462. The molecule has 4 nitrogen and oxygen atoms in total. The Morgan fingerprint density at radius 3 is 2.88 bits per heavy atom. The molecule has 1 aliphatic carbocycles. The number of hydrogen-bond acceptors (Lipinski definition) is 3. The molecule has 4 heteroatoms. The minimum Gasteiger partial charge on any atom is -0.508 e. The number of hydrogen-bond donors (Lipinski definition) is 3. The average Bonchev–Trinajstić information content (AvgIpc) is 3.13. The van der Waals surface area contributed by atoms with Crippen LogP contribution >= 0.6 is 0 Å². The molecule has 1 atom stereocenters. The third-order valence-corrected chi connectivity index (χ3v) is 3.18. The Kier molecular flexibility index (Phi) is 3.33. The van der Waals surface area contributed by atoms with Crippen molar-refractivity contribution in [3.05, 3.63) is 29.3 Å². The zero-order valence-corrected chi connectivity index (χ0v) is 9.94. The van der Waals surface area contributed by atoms with Crippen molar-refractivity contribution in [2.45, 2.75) is 25.8 Å². The molecule has 1 aliphatic rings. The summed E-state index contributed by atoms with van der Waals surface area (Å²) in [7, 11) is 0. The van der Waals surface area contributed by atoms with E-state index in [9.17, 15) is 9.90 Å². The Hall–Kier alpha value is -1.55. The van der Waals surface area contributed by atoms with Crippen molar-refractivity contribution in [1.82, 2.24) is 5.32 Å². The Bertz CT molecular complexity index is 427. The summed E-state index contributed by atoms with van der Waals surface area (Å²) in [5.41, 5.74) is 7.16. The van der Waals surface area contributed by atoms with Gasteiger partial charge in [-0.3, -0.25) is 4.79 Å². The van der Waals surface area contributed by atoms with Gasteiger partial charge in [0.2, 0.25) is 0 Å². The van der Waals surface area contributed by atoms with E-state index in [-0.39, 0.29) is 17.7 Å². The van der Waals surface area contributed by atoms with Gasteiger partial charge in [0.1, 0.15) is 5.75 Å².